The highest BCUT2D eigenvalue weighted by atomic mass is 16.1. The van der Waals surface area contributed by atoms with Gasteiger partial charge < -0.3 is 0 Å². The summed E-state index contributed by atoms with van der Waals surface area (Å²) in [5.41, 5.74) is 1.30. The van der Waals surface area contributed by atoms with Gasteiger partial charge in [0.15, 0.2) is 0 Å². The van der Waals surface area contributed by atoms with E-state index in [9.17, 15) is 4.79 Å². The van der Waals surface area contributed by atoms with Crippen LogP contribution in [-0.2, 0) is 4.79 Å². The minimum absolute atomic E-state index is 0.191. The third kappa shape index (κ3) is 4.03. The Kier molecular flexibility index (Phi) is 4.80. The summed E-state index contributed by atoms with van der Waals surface area (Å²) in [6, 6.07) is 0. The molecule has 2 unspecified atom stereocenters. The number of Topliss-reactive ketones (excluding diaryl/α,β-unsaturated/α-hetero) is 1. The zero-order valence-corrected chi connectivity index (χ0v) is 10.1. The molecule has 0 heterocycles. The SMILES string of the molecule is CC(C)=CCC(C)C(=O)C1CC=CCC1. The van der Waals surface area contributed by atoms with Gasteiger partial charge in [-0.25, -0.2) is 0 Å². The Morgan fingerprint density at radius 2 is 2.20 bits per heavy atom. The molecule has 0 saturated heterocycles. The molecular weight excluding hydrogens is 184 g/mol. The number of rotatable bonds is 4. The first kappa shape index (κ1) is 12.2. The Bertz CT molecular complexity index is 269. The molecule has 2 atom stereocenters. The Morgan fingerprint density at radius 3 is 2.73 bits per heavy atom. The Hall–Kier alpha value is -0.850. The first-order valence-corrected chi connectivity index (χ1v) is 5.93. The molecule has 0 aromatic heterocycles. The van der Waals surface area contributed by atoms with Crippen molar-refractivity contribution in [1.82, 2.24) is 0 Å². The summed E-state index contributed by atoms with van der Waals surface area (Å²) in [6.07, 6.45) is 10.5. The number of ketones is 1. The molecule has 0 aromatic carbocycles. The van der Waals surface area contributed by atoms with E-state index in [0.29, 0.717) is 5.78 Å². The lowest BCUT2D eigenvalue weighted by atomic mass is 9.84. The summed E-state index contributed by atoms with van der Waals surface area (Å²) in [7, 11) is 0. The van der Waals surface area contributed by atoms with Crippen LogP contribution in [0.3, 0.4) is 0 Å². The molecule has 1 rings (SSSR count). The van der Waals surface area contributed by atoms with E-state index in [2.05, 4.69) is 39.0 Å². The molecule has 0 fully saturated rings. The maximum absolute atomic E-state index is 12.0. The maximum Gasteiger partial charge on any atom is 0.139 e. The molecular formula is C14H22O. The van der Waals surface area contributed by atoms with Crippen LogP contribution in [0.25, 0.3) is 0 Å². The highest BCUT2D eigenvalue weighted by Crippen LogP contribution is 2.23. The van der Waals surface area contributed by atoms with Crippen LogP contribution in [0.4, 0.5) is 0 Å². The van der Waals surface area contributed by atoms with Crippen molar-refractivity contribution in [3.05, 3.63) is 23.8 Å². The number of hydrogen-bond acceptors (Lipinski definition) is 1. The lowest BCUT2D eigenvalue weighted by Crippen LogP contribution is -2.22. The van der Waals surface area contributed by atoms with Crippen molar-refractivity contribution in [3.63, 3.8) is 0 Å². The van der Waals surface area contributed by atoms with E-state index >= 15 is 0 Å². The molecule has 0 N–H and O–H groups in total. The number of carbonyl (C=O) groups excluding carboxylic acids is 1. The van der Waals surface area contributed by atoms with Crippen LogP contribution < -0.4 is 0 Å². The van der Waals surface area contributed by atoms with E-state index in [1.54, 1.807) is 0 Å². The van der Waals surface area contributed by atoms with Crippen molar-refractivity contribution < 1.29 is 4.79 Å². The largest absolute Gasteiger partial charge is 0.299 e. The second-order valence-electron chi connectivity index (χ2n) is 4.80. The first-order chi connectivity index (χ1) is 7.11. The van der Waals surface area contributed by atoms with E-state index < -0.39 is 0 Å². The van der Waals surface area contributed by atoms with Crippen LogP contribution in [0.1, 0.15) is 46.5 Å². The number of allylic oxidation sites excluding steroid dienone is 4. The Labute approximate surface area is 93.3 Å². The van der Waals surface area contributed by atoms with Gasteiger partial charge in [0.1, 0.15) is 5.78 Å². The summed E-state index contributed by atoms with van der Waals surface area (Å²) in [5.74, 6) is 0.934. The second kappa shape index (κ2) is 5.89. The quantitative estimate of drug-likeness (QED) is 0.637. The summed E-state index contributed by atoms with van der Waals surface area (Å²) in [6.45, 7) is 6.22. The molecule has 1 nitrogen and oxygen atoms in total. The van der Waals surface area contributed by atoms with Crippen molar-refractivity contribution in [2.75, 3.05) is 0 Å². The molecule has 0 radical (unpaired) electrons. The van der Waals surface area contributed by atoms with E-state index in [4.69, 9.17) is 0 Å². The Morgan fingerprint density at radius 1 is 1.47 bits per heavy atom. The third-order valence-corrected chi connectivity index (χ3v) is 3.04. The molecule has 15 heavy (non-hydrogen) atoms. The number of carbonyl (C=O) groups is 1. The fourth-order valence-corrected chi connectivity index (χ4v) is 1.98. The fourth-order valence-electron chi connectivity index (χ4n) is 1.98. The lowest BCUT2D eigenvalue weighted by molar-refractivity contribution is -0.126. The van der Waals surface area contributed by atoms with Crippen LogP contribution >= 0.6 is 0 Å². The molecule has 0 aliphatic heterocycles. The fraction of sp³-hybridized carbons (Fsp3) is 0.643. The van der Waals surface area contributed by atoms with Crippen LogP contribution in [-0.4, -0.2) is 5.78 Å². The average Bonchev–Trinajstić information content (AvgIpc) is 2.26. The van der Waals surface area contributed by atoms with Gasteiger partial charge in [-0.1, -0.05) is 30.7 Å². The average molecular weight is 206 g/mol. The highest BCUT2D eigenvalue weighted by molar-refractivity contribution is 5.83. The van der Waals surface area contributed by atoms with Gasteiger partial charge in [-0.05, 0) is 39.5 Å². The molecule has 84 valence electrons. The molecule has 0 amide bonds. The smallest absolute Gasteiger partial charge is 0.139 e. The zero-order chi connectivity index (χ0) is 11.3. The molecule has 0 bridgehead atoms. The van der Waals surface area contributed by atoms with Crippen LogP contribution in [0, 0.1) is 11.8 Å². The van der Waals surface area contributed by atoms with E-state index in [1.165, 1.54) is 5.57 Å². The molecule has 1 aliphatic rings. The molecule has 1 aliphatic carbocycles. The standard InChI is InChI=1S/C14H22O/c1-11(2)9-10-12(3)14(15)13-7-5-4-6-8-13/h4-5,9,12-13H,6-8,10H2,1-3H3. The van der Waals surface area contributed by atoms with E-state index in [-0.39, 0.29) is 11.8 Å². The molecule has 0 aromatic rings. The topological polar surface area (TPSA) is 17.1 Å². The minimum Gasteiger partial charge on any atom is -0.299 e. The summed E-state index contributed by atoms with van der Waals surface area (Å²) in [5, 5.41) is 0. The predicted octanol–water partition coefficient (Wildman–Crippen LogP) is 3.90. The summed E-state index contributed by atoms with van der Waals surface area (Å²) < 4.78 is 0. The van der Waals surface area contributed by atoms with Gasteiger partial charge in [0.2, 0.25) is 0 Å². The van der Waals surface area contributed by atoms with Gasteiger partial charge >= 0.3 is 0 Å². The zero-order valence-electron chi connectivity index (χ0n) is 10.1. The van der Waals surface area contributed by atoms with Gasteiger partial charge in [-0.3, -0.25) is 4.79 Å². The molecule has 0 spiro atoms. The normalized spacial score (nSPS) is 22.2. The van der Waals surface area contributed by atoms with Crippen molar-refractivity contribution in [3.8, 4) is 0 Å². The Balaban J connectivity index is 2.45. The first-order valence-electron chi connectivity index (χ1n) is 5.93. The predicted molar refractivity (Wildman–Crippen MR) is 64.7 cm³/mol. The van der Waals surface area contributed by atoms with E-state index in [0.717, 1.165) is 25.7 Å². The van der Waals surface area contributed by atoms with Crippen LogP contribution in [0.5, 0.6) is 0 Å². The van der Waals surface area contributed by atoms with Crippen molar-refractivity contribution in [2.45, 2.75) is 46.5 Å². The second-order valence-corrected chi connectivity index (χ2v) is 4.80. The van der Waals surface area contributed by atoms with Crippen LogP contribution in [0.15, 0.2) is 23.8 Å². The van der Waals surface area contributed by atoms with Gasteiger partial charge in [0.25, 0.3) is 0 Å². The van der Waals surface area contributed by atoms with Gasteiger partial charge in [0, 0.05) is 11.8 Å². The van der Waals surface area contributed by atoms with Crippen molar-refractivity contribution >= 4 is 5.78 Å². The number of hydrogen-bond donors (Lipinski definition) is 0. The summed E-state index contributed by atoms with van der Waals surface area (Å²) >= 11 is 0. The summed E-state index contributed by atoms with van der Waals surface area (Å²) in [4.78, 5) is 12.0. The molecule has 1 heteroatoms. The van der Waals surface area contributed by atoms with Gasteiger partial charge in [0.05, 0.1) is 0 Å². The van der Waals surface area contributed by atoms with Crippen molar-refractivity contribution in [1.29, 1.82) is 0 Å². The molecule has 0 saturated carbocycles. The minimum atomic E-state index is 0.191. The monoisotopic (exact) mass is 206 g/mol. The lowest BCUT2D eigenvalue weighted by Gasteiger charge is -2.19. The maximum atomic E-state index is 12.0. The third-order valence-electron chi connectivity index (χ3n) is 3.04. The van der Waals surface area contributed by atoms with Gasteiger partial charge in [-0.2, -0.15) is 0 Å². The van der Waals surface area contributed by atoms with Gasteiger partial charge in [-0.15, -0.1) is 0 Å². The highest BCUT2D eigenvalue weighted by Gasteiger charge is 2.22. The van der Waals surface area contributed by atoms with Crippen LogP contribution in [0.2, 0.25) is 0 Å². The van der Waals surface area contributed by atoms with E-state index in [1.807, 2.05) is 0 Å². The van der Waals surface area contributed by atoms with Crippen molar-refractivity contribution in [2.24, 2.45) is 11.8 Å².